The second-order valence-electron chi connectivity index (χ2n) is 8.00. The van der Waals surface area contributed by atoms with Crippen LogP contribution in [0.4, 0.5) is 4.39 Å². The summed E-state index contributed by atoms with van der Waals surface area (Å²) in [5.41, 5.74) is 2.55. The number of rotatable bonds is 12. The molecular formula is C28H31FN2O2S. The molecule has 178 valence electrons. The minimum atomic E-state index is -0.728. The molecule has 0 aromatic heterocycles. The quantitative estimate of drug-likeness (QED) is 0.363. The summed E-state index contributed by atoms with van der Waals surface area (Å²) in [5, 5.41) is 2.86. The molecule has 4 nitrogen and oxygen atoms in total. The van der Waals surface area contributed by atoms with Gasteiger partial charge < -0.3 is 10.2 Å². The van der Waals surface area contributed by atoms with Crippen LogP contribution in [-0.2, 0) is 28.3 Å². The third-order valence-corrected chi connectivity index (χ3v) is 6.52. The molecule has 3 rings (SSSR count). The molecule has 0 heterocycles. The SMILES string of the molecule is CCNC(=O)[C@@H](Cc1ccccc1)N(Cc1ccccc1F)C(=O)CCSCc1ccccc1. The van der Waals surface area contributed by atoms with Crippen molar-refractivity contribution in [3.63, 3.8) is 0 Å². The van der Waals surface area contributed by atoms with Crippen molar-refractivity contribution in [1.82, 2.24) is 10.2 Å². The van der Waals surface area contributed by atoms with E-state index in [9.17, 15) is 14.0 Å². The van der Waals surface area contributed by atoms with Crippen LogP contribution in [0.15, 0.2) is 84.9 Å². The van der Waals surface area contributed by atoms with Crippen LogP contribution in [0.5, 0.6) is 0 Å². The summed E-state index contributed by atoms with van der Waals surface area (Å²) in [4.78, 5) is 28.0. The molecule has 0 saturated carbocycles. The van der Waals surface area contributed by atoms with Gasteiger partial charge in [-0.2, -0.15) is 11.8 Å². The summed E-state index contributed by atoms with van der Waals surface area (Å²) in [6.45, 7) is 2.35. The van der Waals surface area contributed by atoms with E-state index in [1.54, 1.807) is 34.9 Å². The fourth-order valence-corrected chi connectivity index (χ4v) is 4.61. The summed E-state index contributed by atoms with van der Waals surface area (Å²) in [7, 11) is 0. The summed E-state index contributed by atoms with van der Waals surface area (Å²) >= 11 is 1.67. The van der Waals surface area contributed by atoms with E-state index in [0.717, 1.165) is 11.3 Å². The number of amides is 2. The molecule has 2 amide bonds. The molecule has 0 aliphatic rings. The lowest BCUT2D eigenvalue weighted by atomic mass is 10.0. The molecule has 1 atom stereocenters. The Morgan fingerprint density at radius 3 is 2.18 bits per heavy atom. The van der Waals surface area contributed by atoms with Crippen molar-refractivity contribution in [1.29, 1.82) is 0 Å². The Morgan fingerprint density at radius 2 is 1.53 bits per heavy atom. The first-order chi connectivity index (χ1) is 16.6. The molecule has 34 heavy (non-hydrogen) atoms. The molecule has 0 saturated heterocycles. The van der Waals surface area contributed by atoms with E-state index in [1.807, 2.05) is 55.5 Å². The van der Waals surface area contributed by atoms with E-state index in [2.05, 4.69) is 17.4 Å². The molecule has 0 bridgehead atoms. The highest BCUT2D eigenvalue weighted by Crippen LogP contribution is 2.19. The Morgan fingerprint density at radius 1 is 0.912 bits per heavy atom. The van der Waals surface area contributed by atoms with Gasteiger partial charge in [-0.15, -0.1) is 0 Å². The first-order valence-electron chi connectivity index (χ1n) is 11.5. The van der Waals surface area contributed by atoms with Gasteiger partial charge in [0.2, 0.25) is 11.8 Å². The van der Waals surface area contributed by atoms with Crippen molar-refractivity contribution in [2.75, 3.05) is 12.3 Å². The summed E-state index contributed by atoms with van der Waals surface area (Å²) in [6, 6.07) is 25.4. The van der Waals surface area contributed by atoms with Crippen LogP contribution in [0.2, 0.25) is 0 Å². The van der Waals surface area contributed by atoms with Gasteiger partial charge in [-0.3, -0.25) is 9.59 Å². The van der Waals surface area contributed by atoms with Crippen LogP contribution in [0.25, 0.3) is 0 Å². The van der Waals surface area contributed by atoms with Crippen molar-refractivity contribution in [2.45, 2.75) is 38.1 Å². The Balaban J connectivity index is 1.78. The second-order valence-corrected chi connectivity index (χ2v) is 9.11. The number of halogens is 1. The van der Waals surface area contributed by atoms with Gasteiger partial charge in [-0.1, -0.05) is 78.9 Å². The minimum Gasteiger partial charge on any atom is -0.355 e. The fourth-order valence-electron chi connectivity index (χ4n) is 3.72. The maximum absolute atomic E-state index is 14.5. The van der Waals surface area contributed by atoms with Crippen molar-refractivity contribution in [2.24, 2.45) is 0 Å². The average Bonchev–Trinajstić information content (AvgIpc) is 2.86. The summed E-state index contributed by atoms with van der Waals surface area (Å²) in [5.74, 6) is 0.664. The number of nitrogens with zero attached hydrogens (tertiary/aromatic N) is 1. The lowest BCUT2D eigenvalue weighted by molar-refractivity contribution is -0.141. The standard InChI is InChI=1S/C28H31FN2O2S/c1-2-30-28(33)26(19-22-11-5-3-6-12-22)31(20-24-15-9-10-16-25(24)29)27(32)17-18-34-21-23-13-7-4-8-14-23/h3-16,26H,2,17-21H2,1H3,(H,30,33)/t26-/m1/s1. The number of nitrogens with one attached hydrogen (secondary N) is 1. The number of benzene rings is 3. The van der Waals surface area contributed by atoms with Crippen LogP contribution >= 0.6 is 11.8 Å². The van der Waals surface area contributed by atoms with Crippen molar-refractivity contribution < 1.29 is 14.0 Å². The zero-order valence-electron chi connectivity index (χ0n) is 19.5. The van der Waals surface area contributed by atoms with Crippen LogP contribution in [0.1, 0.15) is 30.0 Å². The number of thioether (sulfide) groups is 1. The van der Waals surface area contributed by atoms with Gasteiger partial charge in [0.25, 0.3) is 0 Å². The fraction of sp³-hybridized carbons (Fsp3) is 0.286. The number of hydrogen-bond donors (Lipinski definition) is 1. The highest BCUT2D eigenvalue weighted by molar-refractivity contribution is 7.98. The Hall–Kier alpha value is -3.12. The Bertz CT molecular complexity index is 1050. The van der Waals surface area contributed by atoms with Crippen molar-refractivity contribution in [3.05, 3.63) is 107 Å². The first-order valence-corrected chi connectivity index (χ1v) is 12.7. The predicted molar refractivity (Wildman–Crippen MR) is 137 cm³/mol. The van der Waals surface area contributed by atoms with E-state index < -0.39 is 6.04 Å². The lowest BCUT2D eigenvalue weighted by Gasteiger charge is -2.31. The van der Waals surface area contributed by atoms with Gasteiger partial charge in [0, 0.05) is 43.0 Å². The van der Waals surface area contributed by atoms with Gasteiger partial charge in [0.05, 0.1) is 0 Å². The number of hydrogen-bond acceptors (Lipinski definition) is 3. The largest absolute Gasteiger partial charge is 0.355 e. The average molecular weight is 479 g/mol. The normalized spacial score (nSPS) is 11.6. The molecular weight excluding hydrogens is 447 g/mol. The van der Waals surface area contributed by atoms with E-state index in [-0.39, 0.29) is 30.6 Å². The number of likely N-dealkylation sites (N-methyl/N-ethyl adjacent to an activating group) is 1. The number of carbonyl (C=O) groups excluding carboxylic acids is 2. The first kappa shape index (κ1) is 25.5. The zero-order valence-corrected chi connectivity index (χ0v) is 20.3. The van der Waals surface area contributed by atoms with Crippen LogP contribution in [-0.4, -0.2) is 35.1 Å². The molecule has 0 unspecified atom stereocenters. The third kappa shape index (κ3) is 7.73. The lowest BCUT2D eigenvalue weighted by Crippen LogP contribution is -2.50. The highest BCUT2D eigenvalue weighted by Gasteiger charge is 2.30. The molecule has 0 fully saturated rings. The smallest absolute Gasteiger partial charge is 0.243 e. The Labute approximate surface area is 205 Å². The molecule has 0 aliphatic carbocycles. The molecule has 0 aliphatic heterocycles. The van der Waals surface area contributed by atoms with Gasteiger partial charge >= 0.3 is 0 Å². The van der Waals surface area contributed by atoms with Crippen LogP contribution in [0, 0.1) is 5.82 Å². The monoisotopic (exact) mass is 478 g/mol. The zero-order chi connectivity index (χ0) is 24.2. The highest BCUT2D eigenvalue weighted by atomic mass is 32.2. The van der Waals surface area contributed by atoms with Gasteiger partial charge in [-0.25, -0.2) is 4.39 Å². The van der Waals surface area contributed by atoms with Gasteiger partial charge in [0.1, 0.15) is 11.9 Å². The molecule has 1 N–H and O–H groups in total. The topological polar surface area (TPSA) is 49.4 Å². The third-order valence-electron chi connectivity index (χ3n) is 5.49. The van der Waals surface area contributed by atoms with E-state index >= 15 is 0 Å². The molecule has 3 aromatic carbocycles. The van der Waals surface area contributed by atoms with Gasteiger partial charge in [0.15, 0.2) is 0 Å². The number of carbonyl (C=O) groups is 2. The molecule has 6 heteroatoms. The predicted octanol–water partition coefficient (Wildman–Crippen LogP) is 5.23. The van der Waals surface area contributed by atoms with E-state index in [1.165, 1.54) is 11.6 Å². The van der Waals surface area contributed by atoms with Crippen molar-refractivity contribution in [3.8, 4) is 0 Å². The summed E-state index contributed by atoms with van der Waals surface area (Å²) < 4.78 is 14.5. The maximum Gasteiger partial charge on any atom is 0.243 e. The van der Waals surface area contributed by atoms with Crippen LogP contribution in [0.3, 0.4) is 0 Å². The molecule has 3 aromatic rings. The summed E-state index contributed by atoms with van der Waals surface area (Å²) in [6.07, 6.45) is 0.640. The van der Waals surface area contributed by atoms with Crippen LogP contribution < -0.4 is 5.32 Å². The molecule has 0 radical (unpaired) electrons. The maximum atomic E-state index is 14.5. The van der Waals surface area contributed by atoms with Crippen molar-refractivity contribution >= 4 is 23.6 Å². The van der Waals surface area contributed by atoms with E-state index in [0.29, 0.717) is 24.3 Å². The van der Waals surface area contributed by atoms with E-state index in [4.69, 9.17) is 0 Å². The van der Waals surface area contributed by atoms with Gasteiger partial charge in [-0.05, 0) is 24.1 Å². The second kappa shape index (κ2) is 13.6. The minimum absolute atomic E-state index is 0.0451. The molecule has 0 spiro atoms. The Kier molecular flexibility index (Phi) is 10.2.